The summed E-state index contributed by atoms with van der Waals surface area (Å²) in [5, 5.41) is 6.57. The fraction of sp³-hybridized carbons (Fsp3) is 0.292. The SMILES string of the molecule is O=C(NC1CCCCc2cccnc21)c1ccc(CNCc2ccccn2)cc1. The number of benzene rings is 1. The molecule has 1 amide bonds. The van der Waals surface area contributed by atoms with Crippen LogP contribution in [0.15, 0.2) is 67.0 Å². The van der Waals surface area contributed by atoms with Crippen molar-refractivity contribution >= 4 is 5.91 Å². The highest BCUT2D eigenvalue weighted by Crippen LogP contribution is 2.27. The molecule has 0 fully saturated rings. The van der Waals surface area contributed by atoms with Gasteiger partial charge in [-0.15, -0.1) is 0 Å². The number of nitrogens with one attached hydrogen (secondary N) is 2. The highest BCUT2D eigenvalue weighted by atomic mass is 16.1. The molecule has 0 radical (unpaired) electrons. The second-order valence-corrected chi connectivity index (χ2v) is 7.44. The number of hydrogen-bond acceptors (Lipinski definition) is 4. The summed E-state index contributed by atoms with van der Waals surface area (Å²) in [4.78, 5) is 21.6. The lowest BCUT2D eigenvalue weighted by Gasteiger charge is -2.18. The Morgan fingerprint density at radius 3 is 2.62 bits per heavy atom. The summed E-state index contributed by atoms with van der Waals surface area (Å²) in [7, 11) is 0. The summed E-state index contributed by atoms with van der Waals surface area (Å²) in [5.41, 5.74) is 5.11. The molecule has 0 saturated heterocycles. The predicted molar refractivity (Wildman–Crippen MR) is 113 cm³/mol. The van der Waals surface area contributed by atoms with Gasteiger partial charge in [-0.05, 0) is 60.7 Å². The average molecular weight is 386 g/mol. The first-order chi connectivity index (χ1) is 14.3. The Balaban J connectivity index is 1.35. The molecule has 1 unspecified atom stereocenters. The van der Waals surface area contributed by atoms with E-state index in [0.29, 0.717) is 5.56 Å². The lowest BCUT2D eigenvalue weighted by atomic mass is 10.0. The van der Waals surface area contributed by atoms with Gasteiger partial charge in [0, 0.05) is 31.0 Å². The molecule has 0 saturated carbocycles. The second-order valence-electron chi connectivity index (χ2n) is 7.44. The smallest absolute Gasteiger partial charge is 0.251 e. The van der Waals surface area contributed by atoms with Gasteiger partial charge >= 0.3 is 0 Å². The van der Waals surface area contributed by atoms with Gasteiger partial charge in [0.2, 0.25) is 0 Å². The maximum Gasteiger partial charge on any atom is 0.251 e. The molecule has 1 atom stereocenters. The van der Waals surface area contributed by atoms with Crippen LogP contribution in [0, 0.1) is 0 Å². The zero-order chi connectivity index (χ0) is 19.9. The van der Waals surface area contributed by atoms with Crippen LogP contribution in [0.25, 0.3) is 0 Å². The van der Waals surface area contributed by atoms with Crippen molar-refractivity contribution in [1.82, 2.24) is 20.6 Å². The van der Waals surface area contributed by atoms with Crippen LogP contribution in [-0.4, -0.2) is 15.9 Å². The second kappa shape index (κ2) is 9.43. The van der Waals surface area contributed by atoms with Crippen LogP contribution < -0.4 is 10.6 Å². The molecule has 148 valence electrons. The Labute approximate surface area is 171 Å². The Kier molecular flexibility index (Phi) is 6.27. The summed E-state index contributed by atoms with van der Waals surface area (Å²) in [5.74, 6) is -0.0403. The molecule has 5 nitrogen and oxygen atoms in total. The minimum absolute atomic E-state index is 0.0130. The molecule has 0 aliphatic heterocycles. The van der Waals surface area contributed by atoms with E-state index in [1.54, 1.807) is 6.20 Å². The highest BCUT2D eigenvalue weighted by Gasteiger charge is 2.22. The monoisotopic (exact) mass is 386 g/mol. The molecular weight excluding hydrogens is 360 g/mol. The number of hydrogen-bond donors (Lipinski definition) is 2. The standard InChI is InChI=1S/C24H26N4O/c29-24(28-22-9-2-1-6-19-7-5-15-27-23(19)22)20-12-10-18(11-13-20)16-25-17-21-8-3-4-14-26-21/h3-5,7-8,10-15,22,25H,1-2,6,9,16-17H2,(H,28,29). The van der Waals surface area contributed by atoms with Gasteiger partial charge in [-0.25, -0.2) is 0 Å². The minimum Gasteiger partial charge on any atom is -0.344 e. The number of aromatic nitrogens is 2. The van der Waals surface area contributed by atoms with Crippen molar-refractivity contribution in [3.8, 4) is 0 Å². The molecule has 29 heavy (non-hydrogen) atoms. The van der Waals surface area contributed by atoms with Crippen LogP contribution in [0.2, 0.25) is 0 Å². The fourth-order valence-corrected chi connectivity index (χ4v) is 3.77. The lowest BCUT2D eigenvalue weighted by molar-refractivity contribution is 0.0933. The maximum atomic E-state index is 12.8. The molecule has 0 bridgehead atoms. The van der Waals surface area contributed by atoms with Gasteiger partial charge in [0.15, 0.2) is 0 Å². The molecule has 2 N–H and O–H groups in total. The Morgan fingerprint density at radius 1 is 0.931 bits per heavy atom. The largest absolute Gasteiger partial charge is 0.344 e. The molecule has 1 aromatic carbocycles. The Bertz CT molecular complexity index is 941. The Morgan fingerprint density at radius 2 is 1.79 bits per heavy atom. The first-order valence-corrected chi connectivity index (χ1v) is 10.2. The minimum atomic E-state index is -0.0403. The third-order valence-corrected chi connectivity index (χ3v) is 5.33. The summed E-state index contributed by atoms with van der Waals surface area (Å²) < 4.78 is 0. The normalized spacial score (nSPS) is 15.9. The molecule has 0 spiro atoms. The number of carbonyl (C=O) groups excluding carboxylic acids is 1. The zero-order valence-electron chi connectivity index (χ0n) is 16.5. The topological polar surface area (TPSA) is 66.9 Å². The molecule has 2 aromatic heterocycles. The molecular formula is C24H26N4O. The van der Waals surface area contributed by atoms with Crippen LogP contribution in [-0.2, 0) is 19.5 Å². The number of aryl methyl sites for hydroxylation is 1. The van der Waals surface area contributed by atoms with Gasteiger partial charge in [0.05, 0.1) is 17.4 Å². The van der Waals surface area contributed by atoms with Gasteiger partial charge in [0.1, 0.15) is 0 Å². The van der Waals surface area contributed by atoms with Crippen LogP contribution in [0.1, 0.15) is 58.2 Å². The summed E-state index contributed by atoms with van der Waals surface area (Å²) in [6, 6.07) is 17.8. The van der Waals surface area contributed by atoms with E-state index < -0.39 is 0 Å². The van der Waals surface area contributed by atoms with E-state index in [0.717, 1.165) is 55.7 Å². The number of amides is 1. The van der Waals surface area contributed by atoms with Crippen molar-refractivity contribution < 1.29 is 4.79 Å². The number of carbonyl (C=O) groups is 1. The first kappa shape index (κ1) is 19.3. The average Bonchev–Trinajstić information content (AvgIpc) is 2.97. The number of nitrogens with zero attached hydrogens (tertiary/aromatic N) is 2. The van der Waals surface area contributed by atoms with E-state index >= 15 is 0 Å². The molecule has 1 aliphatic rings. The number of rotatable bonds is 6. The van der Waals surface area contributed by atoms with Crippen LogP contribution in [0.5, 0.6) is 0 Å². The van der Waals surface area contributed by atoms with Crippen molar-refractivity contribution in [3.63, 3.8) is 0 Å². The number of fused-ring (bicyclic) bond motifs is 1. The van der Waals surface area contributed by atoms with E-state index in [1.807, 2.05) is 54.7 Å². The van der Waals surface area contributed by atoms with E-state index in [2.05, 4.69) is 26.7 Å². The van der Waals surface area contributed by atoms with Crippen molar-refractivity contribution in [1.29, 1.82) is 0 Å². The summed E-state index contributed by atoms with van der Waals surface area (Å²) in [6.07, 6.45) is 7.83. The van der Waals surface area contributed by atoms with E-state index in [4.69, 9.17) is 0 Å². The van der Waals surface area contributed by atoms with Crippen LogP contribution in [0.3, 0.4) is 0 Å². The van der Waals surface area contributed by atoms with E-state index in [-0.39, 0.29) is 11.9 Å². The van der Waals surface area contributed by atoms with E-state index in [9.17, 15) is 4.79 Å². The van der Waals surface area contributed by atoms with Gasteiger partial charge in [-0.2, -0.15) is 0 Å². The van der Waals surface area contributed by atoms with Gasteiger partial charge in [-0.1, -0.05) is 30.7 Å². The molecule has 5 heteroatoms. The van der Waals surface area contributed by atoms with Gasteiger partial charge in [0.25, 0.3) is 5.91 Å². The van der Waals surface area contributed by atoms with E-state index in [1.165, 1.54) is 5.56 Å². The quantitative estimate of drug-likeness (QED) is 0.629. The summed E-state index contributed by atoms with van der Waals surface area (Å²) in [6.45, 7) is 1.45. The molecule has 4 rings (SSSR count). The fourth-order valence-electron chi connectivity index (χ4n) is 3.77. The predicted octanol–water partition coefficient (Wildman–Crippen LogP) is 3.96. The molecule has 3 aromatic rings. The van der Waals surface area contributed by atoms with Crippen molar-refractivity contribution in [2.24, 2.45) is 0 Å². The highest BCUT2D eigenvalue weighted by molar-refractivity contribution is 5.94. The first-order valence-electron chi connectivity index (χ1n) is 10.2. The van der Waals surface area contributed by atoms with Crippen LogP contribution >= 0.6 is 0 Å². The third-order valence-electron chi connectivity index (χ3n) is 5.33. The zero-order valence-corrected chi connectivity index (χ0v) is 16.5. The lowest BCUT2D eigenvalue weighted by Crippen LogP contribution is -2.29. The molecule has 2 heterocycles. The Hall–Kier alpha value is -3.05. The number of pyridine rings is 2. The third kappa shape index (κ3) is 5.06. The molecule has 1 aliphatic carbocycles. The van der Waals surface area contributed by atoms with Crippen molar-refractivity contribution in [3.05, 3.63) is 95.1 Å². The van der Waals surface area contributed by atoms with Crippen molar-refractivity contribution in [2.45, 2.75) is 44.8 Å². The maximum absolute atomic E-state index is 12.8. The van der Waals surface area contributed by atoms with Crippen LogP contribution in [0.4, 0.5) is 0 Å². The van der Waals surface area contributed by atoms with Crippen molar-refractivity contribution in [2.75, 3.05) is 0 Å². The van der Waals surface area contributed by atoms with Gasteiger partial charge < -0.3 is 10.6 Å². The summed E-state index contributed by atoms with van der Waals surface area (Å²) >= 11 is 0. The van der Waals surface area contributed by atoms with Gasteiger partial charge in [-0.3, -0.25) is 14.8 Å².